The van der Waals surface area contributed by atoms with Gasteiger partial charge in [0.1, 0.15) is 59.9 Å². The quantitative estimate of drug-likeness (QED) is 0.0282. The maximum absolute atomic E-state index is 14.2. The highest BCUT2D eigenvalue weighted by atomic mass is 16.5. The van der Waals surface area contributed by atoms with E-state index in [9.17, 15) is 77.3 Å². The molecule has 0 fully saturated rings. The number of carbonyl (C=O) groups excluding carboxylic acids is 13. The van der Waals surface area contributed by atoms with Gasteiger partial charge in [0.05, 0.1) is 19.4 Å². The number of aromatic hydroxyl groups is 1. The van der Waals surface area contributed by atoms with Gasteiger partial charge in [0.15, 0.2) is 0 Å². The second kappa shape index (κ2) is 39.3. The summed E-state index contributed by atoms with van der Waals surface area (Å²) in [6.45, 7) is 7.72. The number of amides is 11. The fourth-order valence-corrected chi connectivity index (χ4v) is 8.37. The smallest absolute Gasteiger partial charge is 0.329 e. The van der Waals surface area contributed by atoms with Crippen LogP contribution >= 0.6 is 0 Å². The van der Waals surface area contributed by atoms with Crippen molar-refractivity contribution >= 4 is 82.7 Å². The number of nitrogens with one attached hydrogen (secondary N) is 8. The van der Waals surface area contributed by atoms with Crippen LogP contribution in [0.2, 0.25) is 0 Å². The van der Waals surface area contributed by atoms with Crippen LogP contribution < -0.4 is 59.7 Å². The zero-order chi connectivity index (χ0) is 62.8. The van der Waals surface area contributed by atoms with Gasteiger partial charge >= 0.3 is 11.9 Å². The monoisotopic (exact) mass is 1170 g/mol. The molecule has 0 aliphatic heterocycles. The average Bonchev–Trinajstić information content (AvgIpc) is 3.56. The van der Waals surface area contributed by atoms with Gasteiger partial charge in [-0.05, 0) is 50.3 Å². The van der Waals surface area contributed by atoms with E-state index in [0.717, 1.165) is 46.0 Å². The summed E-state index contributed by atoms with van der Waals surface area (Å²) in [6.07, 6.45) is 7.28. The minimum Gasteiger partial charge on any atom is -0.508 e. The summed E-state index contributed by atoms with van der Waals surface area (Å²) in [5, 5.41) is 38.0. The van der Waals surface area contributed by atoms with Crippen LogP contribution in [0, 0.1) is 5.92 Å². The largest absolute Gasteiger partial charge is 0.508 e. The number of esters is 1. The molecule has 0 aromatic heterocycles. The summed E-state index contributed by atoms with van der Waals surface area (Å²) in [6, 6.07) is -5.96. The molecular formula is C55H87N11O17. The van der Waals surface area contributed by atoms with E-state index in [1.165, 1.54) is 77.1 Å². The van der Waals surface area contributed by atoms with Crippen LogP contribution in [0.25, 0.3) is 0 Å². The molecule has 16 N–H and O–H groups in total. The third-order valence-corrected chi connectivity index (χ3v) is 12.9. The number of hydrogen-bond acceptors (Lipinski definition) is 16. The third-order valence-electron chi connectivity index (χ3n) is 12.9. The van der Waals surface area contributed by atoms with E-state index in [1.807, 2.05) is 0 Å². The summed E-state index contributed by atoms with van der Waals surface area (Å²) in [5.74, 6) is -15.0. The van der Waals surface area contributed by atoms with Crippen molar-refractivity contribution in [3.8, 4) is 5.75 Å². The van der Waals surface area contributed by atoms with Crippen molar-refractivity contribution in [2.24, 2.45) is 23.1 Å². The number of carbonyl (C=O) groups is 14. The van der Waals surface area contributed by atoms with E-state index >= 15 is 0 Å². The van der Waals surface area contributed by atoms with Crippen molar-refractivity contribution in [1.82, 2.24) is 42.5 Å². The topological polar surface area (TPSA) is 463 Å². The SMILES string of the molecule is CCCCCCCCCCCCCCC(=O)NC(C(=O)NC(CCC(N)=O)C(=O)NC(CC(C)=O)C(N)=O)C(C)OC(=O)C(NC(=O)C(Cc1ccc(O)cc1)NC(=O)CNC(=O)C(CC(=O)O)NC(=O)C(CC(N)=O)NC(C)=O)C(C)C. The van der Waals surface area contributed by atoms with Crippen molar-refractivity contribution < 1.29 is 82.1 Å². The lowest BCUT2D eigenvalue weighted by Gasteiger charge is -2.30. The molecule has 0 bridgehead atoms. The van der Waals surface area contributed by atoms with E-state index < -0.39 is 176 Å². The zero-order valence-electron chi connectivity index (χ0n) is 48.4. The maximum atomic E-state index is 14.2. The first-order valence-corrected chi connectivity index (χ1v) is 27.9. The molecule has 11 amide bonds. The average molecular weight is 1170 g/mol. The molecule has 28 heteroatoms. The van der Waals surface area contributed by atoms with Gasteiger partial charge in [-0.2, -0.15) is 0 Å². The van der Waals surface area contributed by atoms with Crippen LogP contribution in [-0.2, 0) is 78.3 Å². The van der Waals surface area contributed by atoms with Crippen molar-refractivity contribution in [3.63, 3.8) is 0 Å². The lowest BCUT2D eigenvalue weighted by atomic mass is 10.0. The number of ether oxygens (including phenoxy) is 1. The first kappa shape index (κ1) is 72.8. The van der Waals surface area contributed by atoms with Crippen LogP contribution in [0.3, 0.4) is 0 Å². The standard InChI is InChI=1S/C55H87N11O17/c1-7-8-9-10-11-12-13-14-15-16-17-18-19-44(72)65-48(54(81)62-37(24-25-42(56)70)51(78)63-38(49(58)76)26-32(4)67)33(5)83-55(82)47(31(2)3)66-53(80)39(27-35-20-22-36(69)23-21-35)61-45(73)30-59-50(77)41(29-46(74)75)64-52(79)40(28-43(57)71)60-34(6)68/h20-23,31,33,37-41,47-48,69H,7-19,24-30H2,1-6H3,(H2,56,70)(H2,57,71)(H2,58,76)(H,59,77)(H,60,68)(H,61,73)(H,62,81)(H,63,78)(H,64,79)(H,65,72)(H,66,80)(H,74,75). The van der Waals surface area contributed by atoms with Gasteiger partial charge < -0.3 is 74.7 Å². The van der Waals surface area contributed by atoms with E-state index in [4.69, 9.17) is 21.9 Å². The Morgan fingerprint density at radius 1 is 0.518 bits per heavy atom. The van der Waals surface area contributed by atoms with Crippen LogP contribution in [0.4, 0.5) is 0 Å². The molecule has 0 aliphatic rings. The Labute approximate surface area is 483 Å². The summed E-state index contributed by atoms with van der Waals surface area (Å²) >= 11 is 0. The Balaban J connectivity index is 3.47. The first-order valence-electron chi connectivity index (χ1n) is 27.9. The van der Waals surface area contributed by atoms with Gasteiger partial charge in [-0.15, -0.1) is 0 Å². The predicted molar refractivity (Wildman–Crippen MR) is 299 cm³/mol. The number of carboxylic acids is 1. The Morgan fingerprint density at radius 2 is 1.04 bits per heavy atom. The molecule has 1 aromatic rings. The molecule has 1 aromatic carbocycles. The summed E-state index contributed by atoms with van der Waals surface area (Å²) < 4.78 is 5.76. The number of benzene rings is 1. The zero-order valence-corrected chi connectivity index (χ0v) is 48.4. The number of carboxylic acid groups (broad SMARTS) is 1. The molecule has 0 spiro atoms. The third kappa shape index (κ3) is 31.6. The van der Waals surface area contributed by atoms with Gasteiger partial charge in [-0.25, -0.2) is 4.79 Å². The normalized spacial score (nSPS) is 13.8. The van der Waals surface area contributed by atoms with Gasteiger partial charge in [0.25, 0.3) is 0 Å². The Kier molecular flexibility index (Phi) is 34.5. The lowest BCUT2D eigenvalue weighted by molar-refractivity contribution is -0.157. The van der Waals surface area contributed by atoms with Crippen LogP contribution in [0.5, 0.6) is 5.75 Å². The molecule has 1 rings (SSSR count). The summed E-state index contributed by atoms with van der Waals surface area (Å²) in [5.41, 5.74) is 16.3. The molecule has 83 heavy (non-hydrogen) atoms. The van der Waals surface area contributed by atoms with Crippen molar-refractivity contribution in [2.75, 3.05) is 6.54 Å². The second-order valence-electron chi connectivity index (χ2n) is 20.8. The Bertz CT molecular complexity index is 2370. The van der Waals surface area contributed by atoms with Gasteiger partial charge in [0, 0.05) is 32.6 Å². The molecule has 8 unspecified atom stereocenters. The van der Waals surface area contributed by atoms with Gasteiger partial charge in [0.2, 0.25) is 65.0 Å². The first-order chi connectivity index (χ1) is 39.0. The van der Waals surface area contributed by atoms with Crippen LogP contribution in [-0.4, -0.2) is 148 Å². The van der Waals surface area contributed by atoms with Crippen molar-refractivity contribution in [2.45, 2.75) is 212 Å². The molecule has 0 radical (unpaired) electrons. The minimum atomic E-state index is -1.85. The van der Waals surface area contributed by atoms with Crippen LogP contribution in [0.1, 0.15) is 163 Å². The van der Waals surface area contributed by atoms with Gasteiger partial charge in [-0.3, -0.25) is 62.3 Å². The number of aliphatic carboxylic acids is 1. The minimum absolute atomic E-state index is 0.0560. The molecule has 8 atom stereocenters. The Hall–Kier alpha value is -8.20. The fraction of sp³-hybridized carbons (Fsp3) is 0.636. The number of rotatable bonds is 43. The van der Waals surface area contributed by atoms with E-state index in [0.29, 0.717) is 18.4 Å². The molecule has 28 nitrogen and oxygen atoms in total. The molecular weight excluding hydrogens is 1090 g/mol. The number of phenolic OH excluding ortho intramolecular Hbond substituents is 1. The molecule has 0 saturated carbocycles. The Morgan fingerprint density at radius 3 is 1.54 bits per heavy atom. The highest BCUT2D eigenvalue weighted by molar-refractivity contribution is 5.98. The molecule has 0 aliphatic carbocycles. The molecule has 464 valence electrons. The number of Topliss-reactive ketones (excluding diaryl/α,β-unsaturated/α-hetero) is 1. The highest BCUT2D eigenvalue weighted by Crippen LogP contribution is 2.16. The summed E-state index contributed by atoms with van der Waals surface area (Å²) in [7, 11) is 0. The van der Waals surface area contributed by atoms with E-state index in [1.54, 1.807) is 0 Å². The number of hydrogen-bond donors (Lipinski definition) is 13. The maximum Gasteiger partial charge on any atom is 0.329 e. The number of unbranched alkanes of at least 4 members (excludes halogenated alkanes) is 11. The lowest BCUT2D eigenvalue weighted by Crippen LogP contribution is -2.60. The fourth-order valence-electron chi connectivity index (χ4n) is 8.37. The van der Waals surface area contributed by atoms with Gasteiger partial charge in [-0.1, -0.05) is 104 Å². The van der Waals surface area contributed by atoms with Crippen molar-refractivity contribution in [3.05, 3.63) is 29.8 Å². The van der Waals surface area contributed by atoms with Crippen molar-refractivity contribution in [1.29, 1.82) is 0 Å². The number of nitrogens with two attached hydrogens (primary N) is 3. The number of primary amides is 3. The number of ketones is 1. The molecule has 0 saturated heterocycles. The van der Waals surface area contributed by atoms with Crippen LogP contribution in [0.15, 0.2) is 24.3 Å². The predicted octanol–water partition coefficient (Wildman–Crippen LogP) is -0.777. The number of phenols is 1. The highest BCUT2D eigenvalue weighted by Gasteiger charge is 2.37. The van der Waals surface area contributed by atoms with E-state index in [-0.39, 0.29) is 18.6 Å². The second-order valence-corrected chi connectivity index (χ2v) is 20.8. The molecule has 0 heterocycles. The summed E-state index contributed by atoms with van der Waals surface area (Å²) in [4.78, 5) is 180. The van der Waals surface area contributed by atoms with E-state index in [2.05, 4.69) is 49.5 Å².